The predicted octanol–water partition coefficient (Wildman–Crippen LogP) is 2.21. The summed E-state index contributed by atoms with van der Waals surface area (Å²) in [5, 5.41) is 7.16. The second kappa shape index (κ2) is 9.72. The molecule has 3 aromatic rings. The number of benzene rings is 2. The van der Waals surface area contributed by atoms with Gasteiger partial charge in [0.05, 0.1) is 12.1 Å². The van der Waals surface area contributed by atoms with Crippen LogP contribution in [0, 0.1) is 11.7 Å². The molecule has 9 nitrogen and oxygen atoms in total. The summed E-state index contributed by atoms with van der Waals surface area (Å²) in [6.07, 6.45) is 0. The highest BCUT2D eigenvalue weighted by Crippen LogP contribution is 2.26. The van der Waals surface area contributed by atoms with Gasteiger partial charge in [0.15, 0.2) is 0 Å². The Labute approximate surface area is 209 Å². The fourth-order valence-corrected chi connectivity index (χ4v) is 6.31. The van der Waals surface area contributed by atoms with Crippen LogP contribution in [0.2, 0.25) is 0 Å². The molecular formula is C25H29FN6O3S. The van der Waals surface area contributed by atoms with Gasteiger partial charge in [0, 0.05) is 37.6 Å². The lowest BCUT2D eigenvalue weighted by Gasteiger charge is -2.40. The first-order valence-corrected chi connectivity index (χ1v) is 13.5. The van der Waals surface area contributed by atoms with E-state index in [9.17, 15) is 17.6 Å². The molecule has 5 rings (SSSR count). The molecule has 36 heavy (non-hydrogen) atoms. The molecule has 2 aliphatic rings. The van der Waals surface area contributed by atoms with E-state index in [0.717, 1.165) is 17.0 Å². The second-order valence-corrected chi connectivity index (χ2v) is 11.4. The maximum absolute atomic E-state index is 14.4. The summed E-state index contributed by atoms with van der Waals surface area (Å²) < 4.78 is 42.2. The Morgan fingerprint density at radius 1 is 1.06 bits per heavy atom. The van der Waals surface area contributed by atoms with Crippen LogP contribution >= 0.6 is 0 Å². The first-order valence-electron chi connectivity index (χ1n) is 12.0. The van der Waals surface area contributed by atoms with Crippen LogP contribution in [0.1, 0.15) is 19.7 Å². The van der Waals surface area contributed by atoms with Crippen molar-refractivity contribution in [3.8, 4) is 0 Å². The number of amides is 1. The van der Waals surface area contributed by atoms with Crippen LogP contribution < -0.4 is 10.6 Å². The molecule has 0 saturated carbocycles. The normalized spacial score (nSPS) is 21.9. The molecule has 190 valence electrons. The van der Waals surface area contributed by atoms with E-state index < -0.39 is 21.9 Å². The van der Waals surface area contributed by atoms with Crippen LogP contribution in [0.15, 0.2) is 53.4 Å². The molecule has 0 aliphatic carbocycles. The van der Waals surface area contributed by atoms with Crippen LogP contribution in [0.3, 0.4) is 0 Å². The Balaban J connectivity index is 1.50. The fraction of sp³-hybridized carbons (Fsp3) is 0.400. The highest BCUT2D eigenvalue weighted by atomic mass is 32.2. The zero-order chi connectivity index (χ0) is 25.4. The number of nitrogens with one attached hydrogen (secondary N) is 2. The molecule has 0 spiro atoms. The van der Waals surface area contributed by atoms with E-state index in [-0.39, 0.29) is 42.4 Å². The molecule has 2 N–H and O–H groups in total. The monoisotopic (exact) mass is 512 g/mol. The quantitative estimate of drug-likeness (QED) is 0.554. The van der Waals surface area contributed by atoms with Gasteiger partial charge in [0.1, 0.15) is 28.4 Å². The topological polar surface area (TPSA) is 108 Å². The number of nitrogens with zero attached hydrogens (tertiary/aromatic N) is 4. The van der Waals surface area contributed by atoms with Crippen molar-refractivity contribution in [2.75, 3.05) is 31.5 Å². The number of hydrogen-bond acceptors (Lipinski definition) is 7. The fourth-order valence-electron chi connectivity index (χ4n) is 4.78. The third-order valence-electron chi connectivity index (χ3n) is 6.77. The third-order valence-corrected chi connectivity index (χ3v) is 8.67. The van der Waals surface area contributed by atoms with Crippen molar-refractivity contribution in [3.63, 3.8) is 0 Å². The van der Waals surface area contributed by atoms with Crippen molar-refractivity contribution >= 4 is 32.7 Å². The van der Waals surface area contributed by atoms with Crippen molar-refractivity contribution < 1.29 is 17.6 Å². The molecule has 2 aliphatic heterocycles. The standard InChI is InChI=1S/C25H29FN6O3S/c1-16(2)23-25(33)27-13-17-14-32(36(34,35)21-10-6-4-8-19(21)26)12-11-31(17)15-22-28-20-9-5-3-7-18(20)24(29-22)30-23/h3-10,16-17,23H,11-15H2,1-2H3,(H,27,33)(H,28,29,30)/t17-,23-/m0/s1. The van der Waals surface area contributed by atoms with Crippen LogP contribution in [0.4, 0.5) is 10.2 Å². The number of carbonyl (C=O) groups is 1. The van der Waals surface area contributed by atoms with E-state index in [1.807, 2.05) is 38.1 Å². The maximum Gasteiger partial charge on any atom is 0.246 e. The van der Waals surface area contributed by atoms with Gasteiger partial charge in [-0.3, -0.25) is 9.69 Å². The Hall–Kier alpha value is -3.15. The number of carbonyl (C=O) groups excluding carboxylic acids is 1. The lowest BCUT2D eigenvalue weighted by atomic mass is 10.0. The van der Waals surface area contributed by atoms with Crippen molar-refractivity contribution in [1.82, 2.24) is 24.5 Å². The van der Waals surface area contributed by atoms with E-state index in [4.69, 9.17) is 9.97 Å². The van der Waals surface area contributed by atoms with Gasteiger partial charge in [-0.05, 0) is 30.2 Å². The average molecular weight is 513 g/mol. The van der Waals surface area contributed by atoms with Gasteiger partial charge in [0.2, 0.25) is 15.9 Å². The summed E-state index contributed by atoms with van der Waals surface area (Å²) >= 11 is 0. The second-order valence-electron chi connectivity index (χ2n) is 9.53. The minimum absolute atomic E-state index is 0.0247. The van der Waals surface area contributed by atoms with Gasteiger partial charge < -0.3 is 10.6 Å². The summed E-state index contributed by atoms with van der Waals surface area (Å²) in [5.74, 6) is 0.194. The lowest BCUT2D eigenvalue weighted by Crippen LogP contribution is -2.58. The van der Waals surface area contributed by atoms with Crippen molar-refractivity contribution in [2.24, 2.45) is 5.92 Å². The van der Waals surface area contributed by atoms with Gasteiger partial charge in [-0.1, -0.05) is 38.1 Å². The molecule has 1 saturated heterocycles. The molecule has 0 radical (unpaired) electrons. The lowest BCUT2D eigenvalue weighted by molar-refractivity contribution is -0.123. The molecule has 1 aromatic heterocycles. The molecule has 2 bridgehead atoms. The largest absolute Gasteiger partial charge is 0.358 e. The zero-order valence-electron chi connectivity index (χ0n) is 20.2. The van der Waals surface area contributed by atoms with Gasteiger partial charge in [-0.15, -0.1) is 0 Å². The number of sulfonamides is 1. The number of hydrogen-bond donors (Lipinski definition) is 2. The molecular weight excluding hydrogens is 483 g/mol. The van der Waals surface area contributed by atoms with Gasteiger partial charge in [-0.25, -0.2) is 22.8 Å². The number of fused-ring (bicyclic) bond motifs is 5. The molecule has 1 fully saturated rings. The number of aromatic nitrogens is 2. The van der Waals surface area contributed by atoms with E-state index in [1.54, 1.807) is 0 Å². The number of piperazine rings is 1. The van der Waals surface area contributed by atoms with Crippen LogP contribution in [0.25, 0.3) is 10.9 Å². The number of anilines is 1. The Morgan fingerprint density at radius 2 is 1.81 bits per heavy atom. The minimum Gasteiger partial charge on any atom is -0.358 e. The summed E-state index contributed by atoms with van der Waals surface area (Å²) in [6.45, 7) is 5.22. The Kier molecular flexibility index (Phi) is 6.62. The van der Waals surface area contributed by atoms with Crippen LogP contribution in [-0.2, 0) is 21.4 Å². The van der Waals surface area contributed by atoms with E-state index in [2.05, 4.69) is 15.5 Å². The molecule has 0 unspecified atom stereocenters. The van der Waals surface area contributed by atoms with Crippen molar-refractivity contribution in [1.29, 1.82) is 0 Å². The molecule has 2 aromatic carbocycles. The molecule has 1 amide bonds. The Bertz CT molecular complexity index is 1400. The summed E-state index contributed by atoms with van der Waals surface area (Å²) in [5.41, 5.74) is 0.768. The number of halogens is 1. The van der Waals surface area contributed by atoms with Gasteiger partial charge in [0.25, 0.3) is 0 Å². The van der Waals surface area contributed by atoms with Crippen molar-refractivity contribution in [2.45, 2.75) is 37.4 Å². The average Bonchev–Trinajstić information content (AvgIpc) is 2.87. The highest BCUT2D eigenvalue weighted by Gasteiger charge is 2.37. The van der Waals surface area contributed by atoms with Crippen LogP contribution in [0.5, 0.6) is 0 Å². The predicted molar refractivity (Wildman–Crippen MR) is 134 cm³/mol. The molecule has 2 atom stereocenters. The highest BCUT2D eigenvalue weighted by molar-refractivity contribution is 7.89. The molecule has 11 heteroatoms. The van der Waals surface area contributed by atoms with E-state index in [0.29, 0.717) is 24.7 Å². The summed E-state index contributed by atoms with van der Waals surface area (Å²) in [6, 6.07) is 12.2. The van der Waals surface area contributed by atoms with Crippen LogP contribution in [-0.4, -0.2) is 71.8 Å². The zero-order valence-corrected chi connectivity index (χ0v) is 21.0. The Morgan fingerprint density at radius 3 is 2.58 bits per heavy atom. The van der Waals surface area contributed by atoms with E-state index in [1.165, 1.54) is 22.5 Å². The number of rotatable bonds is 3. The SMILES string of the molecule is CC(C)[C@@H]1Nc2nc(nc3ccccc23)CN2CCN(S(=O)(=O)c3ccccc3F)C[C@@H]2CNC1=O. The van der Waals surface area contributed by atoms with Crippen molar-refractivity contribution in [3.05, 3.63) is 60.2 Å². The summed E-state index contributed by atoms with van der Waals surface area (Å²) in [4.78, 5) is 24.5. The number of para-hydroxylation sites is 1. The first kappa shape index (κ1) is 24.5. The smallest absolute Gasteiger partial charge is 0.246 e. The minimum atomic E-state index is -4.03. The van der Waals surface area contributed by atoms with Gasteiger partial charge >= 0.3 is 0 Å². The van der Waals surface area contributed by atoms with Gasteiger partial charge in [-0.2, -0.15) is 4.31 Å². The first-order chi connectivity index (χ1) is 17.2. The molecule has 3 heterocycles. The maximum atomic E-state index is 14.4. The van der Waals surface area contributed by atoms with E-state index >= 15 is 0 Å². The summed E-state index contributed by atoms with van der Waals surface area (Å²) in [7, 11) is -4.03. The third kappa shape index (κ3) is 4.65.